The van der Waals surface area contributed by atoms with Gasteiger partial charge < -0.3 is 0 Å². The highest BCUT2D eigenvalue weighted by atomic mass is 16.5. The second-order valence-electron chi connectivity index (χ2n) is 3.62. The number of fused-ring (bicyclic) bond motifs is 1. The summed E-state index contributed by atoms with van der Waals surface area (Å²) in [5.41, 5.74) is 1.89. The van der Waals surface area contributed by atoms with Crippen molar-refractivity contribution in [2.45, 2.75) is 19.9 Å². The maximum absolute atomic E-state index is 11.7. The molecule has 1 aromatic carbocycles. The first-order valence-corrected chi connectivity index (χ1v) is 5.10. The number of nitrogens with zero attached hydrogens (tertiary/aromatic N) is 2. The lowest BCUT2D eigenvalue weighted by Gasteiger charge is -2.33. The molecule has 1 aromatic rings. The van der Waals surface area contributed by atoms with Gasteiger partial charge in [0.1, 0.15) is 0 Å². The van der Waals surface area contributed by atoms with Gasteiger partial charge in [-0.2, -0.15) is 0 Å². The highest BCUT2D eigenvalue weighted by molar-refractivity contribution is 5.94. The molecule has 1 N–H and O–H groups in total. The van der Waals surface area contributed by atoms with E-state index in [9.17, 15) is 10.0 Å². The Balaban J connectivity index is 2.40. The average molecular weight is 206 g/mol. The summed E-state index contributed by atoms with van der Waals surface area (Å²) >= 11 is 0. The molecule has 0 saturated carbocycles. The third-order valence-electron chi connectivity index (χ3n) is 2.50. The van der Waals surface area contributed by atoms with Gasteiger partial charge in [-0.1, -0.05) is 25.1 Å². The number of carbonyl (C=O) groups excluding carboxylic acids is 1. The van der Waals surface area contributed by atoms with Gasteiger partial charge in [0.05, 0.1) is 12.2 Å². The first-order chi connectivity index (χ1) is 7.24. The van der Waals surface area contributed by atoms with E-state index >= 15 is 0 Å². The van der Waals surface area contributed by atoms with Crippen molar-refractivity contribution < 1.29 is 10.0 Å². The van der Waals surface area contributed by atoms with Gasteiger partial charge in [-0.25, -0.2) is 9.86 Å². The normalized spacial score (nSPS) is 15.5. The molecule has 1 aliphatic heterocycles. The van der Waals surface area contributed by atoms with Crippen LogP contribution in [0.1, 0.15) is 18.9 Å². The molecule has 15 heavy (non-hydrogen) atoms. The summed E-state index contributed by atoms with van der Waals surface area (Å²) in [5, 5.41) is 10.2. The largest absolute Gasteiger partial charge is 0.348 e. The molecule has 4 nitrogen and oxygen atoms in total. The van der Waals surface area contributed by atoms with Crippen LogP contribution in [0, 0.1) is 0 Å². The van der Waals surface area contributed by atoms with Crippen molar-refractivity contribution in [2.75, 3.05) is 11.4 Å². The zero-order valence-electron chi connectivity index (χ0n) is 8.68. The van der Waals surface area contributed by atoms with Crippen molar-refractivity contribution in [3.8, 4) is 0 Å². The minimum Gasteiger partial charge on any atom is -0.292 e. The number of rotatable bonds is 2. The van der Waals surface area contributed by atoms with E-state index in [0.717, 1.165) is 22.7 Å². The third kappa shape index (κ3) is 1.68. The highest BCUT2D eigenvalue weighted by Gasteiger charge is 2.28. The average Bonchev–Trinajstić information content (AvgIpc) is 2.25. The molecule has 1 aliphatic rings. The van der Waals surface area contributed by atoms with Crippen LogP contribution in [0.25, 0.3) is 0 Å². The van der Waals surface area contributed by atoms with Crippen molar-refractivity contribution >= 4 is 11.7 Å². The molecule has 0 aromatic heterocycles. The fourth-order valence-corrected chi connectivity index (χ4v) is 1.82. The Labute approximate surface area is 88.7 Å². The quantitative estimate of drug-likeness (QED) is 0.754. The van der Waals surface area contributed by atoms with E-state index in [0.29, 0.717) is 6.54 Å². The van der Waals surface area contributed by atoms with Gasteiger partial charge in [0.2, 0.25) is 0 Å². The molecule has 0 spiro atoms. The van der Waals surface area contributed by atoms with Crippen LogP contribution in [0.5, 0.6) is 0 Å². The van der Waals surface area contributed by atoms with E-state index in [1.807, 2.05) is 31.2 Å². The van der Waals surface area contributed by atoms with Gasteiger partial charge in [0, 0.05) is 6.54 Å². The number of hydrogen-bond donors (Lipinski definition) is 1. The molecule has 0 radical (unpaired) electrons. The number of urea groups is 1. The summed E-state index contributed by atoms with van der Waals surface area (Å²) in [6.07, 6.45) is 0.869. The van der Waals surface area contributed by atoms with Crippen molar-refractivity contribution in [3.05, 3.63) is 29.8 Å². The summed E-state index contributed by atoms with van der Waals surface area (Å²) in [5.74, 6) is 0. The minimum atomic E-state index is -0.337. The number of para-hydroxylation sites is 1. The van der Waals surface area contributed by atoms with Crippen LogP contribution in [0.15, 0.2) is 24.3 Å². The number of amides is 2. The van der Waals surface area contributed by atoms with Gasteiger partial charge in [-0.3, -0.25) is 10.1 Å². The van der Waals surface area contributed by atoms with Crippen LogP contribution in [-0.4, -0.2) is 22.8 Å². The Kier molecular flexibility index (Phi) is 2.60. The Morgan fingerprint density at radius 2 is 2.13 bits per heavy atom. The van der Waals surface area contributed by atoms with Crippen molar-refractivity contribution in [1.29, 1.82) is 0 Å². The lowest BCUT2D eigenvalue weighted by molar-refractivity contribution is -0.0504. The van der Waals surface area contributed by atoms with Crippen molar-refractivity contribution in [3.63, 3.8) is 0 Å². The zero-order chi connectivity index (χ0) is 10.8. The zero-order valence-corrected chi connectivity index (χ0v) is 8.68. The third-order valence-corrected chi connectivity index (χ3v) is 2.50. The molecule has 0 fully saturated rings. The SMILES string of the molecule is CCCN1C(=O)N(O)Cc2ccccc21. The predicted octanol–water partition coefficient (Wildman–Crippen LogP) is 2.23. The van der Waals surface area contributed by atoms with Crippen LogP contribution in [0.3, 0.4) is 0 Å². The van der Waals surface area contributed by atoms with Crippen LogP contribution < -0.4 is 4.90 Å². The molecular weight excluding hydrogens is 192 g/mol. The van der Waals surface area contributed by atoms with Crippen LogP contribution >= 0.6 is 0 Å². The lowest BCUT2D eigenvalue weighted by atomic mass is 10.1. The topological polar surface area (TPSA) is 43.8 Å². The Morgan fingerprint density at radius 1 is 1.40 bits per heavy atom. The molecule has 80 valence electrons. The van der Waals surface area contributed by atoms with E-state index in [2.05, 4.69) is 0 Å². The summed E-state index contributed by atoms with van der Waals surface area (Å²) < 4.78 is 0. The number of anilines is 1. The second-order valence-corrected chi connectivity index (χ2v) is 3.62. The number of hydroxylamine groups is 2. The molecule has 1 heterocycles. The van der Waals surface area contributed by atoms with Crippen molar-refractivity contribution in [2.24, 2.45) is 0 Å². The van der Waals surface area contributed by atoms with E-state index in [1.165, 1.54) is 0 Å². The van der Waals surface area contributed by atoms with Gasteiger partial charge in [-0.05, 0) is 18.1 Å². The van der Waals surface area contributed by atoms with Gasteiger partial charge in [0.25, 0.3) is 0 Å². The molecule has 4 heteroatoms. The predicted molar refractivity (Wildman–Crippen MR) is 56.8 cm³/mol. The summed E-state index contributed by atoms with van der Waals surface area (Å²) in [7, 11) is 0. The number of benzene rings is 1. The first kappa shape index (κ1) is 9.98. The monoisotopic (exact) mass is 206 g/mol. The molecule has 2 amide bonds. The van der Waals surface area contributed by atoms with Crippen LogP contribution in [0.4, 0.5) is 10.5 Å². The Hall–Kier alpha value is -1.55. The van der Waals surface area contributed by atoms with Gasteiger partial charge in [-0.15, -0.1) is 0 Å². The summed E-state index contributed by atoms with van der Waals surface area (Å²) in [6.45, 7) is 2.91. The summed E-state index contributed by atoms with van der Waals surface area (Å²) in [6, 6.07) is 7.31. The van der Waals surface area contributed by atoms with E-state index in [1.54, 1.807) is 4.90 Å². The Morgan fingerprint density at radius 3 is 2.87 bits per heavy atom. The lowest BCUT2D eigenvalue weighted by Crippen LogP contribution is -2.45. The fourth-order valence-electron chi connectivity index (χ4n) is 1.82. The van der Waals surface area contributed by atoms with E-state index in [4.69, 9.17) is 0 Å². The fraction of sp³-hybridized carbons (Fsp3) is 0.364. The maximum Gasteiger partial charge on any atom is 0.348 e. The molecule has 0 unspecified atom stereocenters. The van der Waals surface area contributed by atoms with E-state index in [-0.39, 0.29) is 12.6 Å². The smallest absolute Gasteiger partial charge is 0.292 e. The number of hydrogen-bond acceptors (Lipinski definition) is 2. The Bertz CT molecular complexity index is 379. The second kappa shape index (κ2) is 3.90. The highest BCUT2D eigenvalue weighted by Crippen LogP contribution is 2.27. The molecule has 0 atom stereocenters. The molecule has 2 rings (SSSR count). The maximum atomic E-state index is 11.7. The standard InChI is InChI=1S/C11H14N2O2/c1-2-7-12-10-6-4-3-5-9(10)8-13(15)11(12)14/h3-6,15H,2,7-8H2,1H3. The minimum absolute atomic E-state index is 0.273. The molecule has 0 saturated heterocycles. The molecular formula is C11H14N2O2. The summed E-state index contributed by atoms with van der Waals surface area (Å²) in [4.78, 5) is 13.3. The van der Waals surface area contributed by atoms with Gasteiger partial charge in [0.15, 0.2) is 0 Å². The van der Waals surface area contributed by atoms with Gasteiger partial charge >= 0.3 is 6.03 Å². The first-order valence-electron chi connectivity index (χ1n) is 5.10. The molecule has 0 aliphatic carbocycles. The molecule has 0 bridgehead atoms. The van der Waals surface area contributed by atoms with E-state index < -0.39 is 0 Å². The number of carbonyl (C=O) groups is 1. The van der Waals surface area contributed by atoms with Crippen molar-refractivity contribution in [1.82, 2.24) is 5.06 Å². The van der Waals surface area contributed by atoms with Crippen LogP contribution in [-0.2, 0) is 6.54 Å². The van der Waals surface area contributed by atoms with Crippen LogP contribution in [0.2, 0.25) is 0 Å².